The molecule has 0 aliphatic carbocycles. The van der Waals surface area contributed by atoms with Crippen LogP contribution < -0.4 is 14.8 Å². The van der Waals surface area contributed by atoms with Crippen LogP contribution in [0.2, 0.25) is 5.02 Å². The van der Waals surface area contributed by atoms with E-state index in [4.69, 9.17) is 27.5 Å². The van der Waals surface area contributed by atoms with E-state index >= 15 is 0 Å². The predicted molar refractivity (Wildman–Crippen MR) is 74.3 cm³/mol. The van der Waals surface area contributed by atoms with E-state index < -0.39 is 0 Å². The fourth-order valence-electron chi connectivity index (χ4n) is 1.62. The molecule has 1 unspecified atom stereocenters. The molecule has 1 aromatic carbocycles. The monoisotopic (exact) mass is 267 g/mol. The highest BCUT2D eigenvalue weighted by molar-refractivity contribution is 6.33. The van der Waals surface area contributed by atoms with Crippen molar-refractivity contribution in [2.75, 3.05) is 14.2 Å². The van der Waals surface area contributed by atoms with Crippen LogP contribution >= 0.6 is 11.6 Å². The third-order valence-corrected chi connectivity index (χ3v) is 3.13. The molecule has 0 aliphatic rings. The molecule has 0 fully saturated rings. The molecule has 1 aromatic rings. The second-order valence-electron chi connectivity index (χ2n) is 3.78. The minimum absolute atomic E-state index is 0.0502. The number of benzene rings is 1. The van der Waals surface area contributed by atoms with Crippen molar-refractivity contribution in [1.29, 1.82) is 0 Å². The first-order valence-corrected chi connectivity index (χ1v) is 6.14. The summed E-state index contributed by atoms with van der Waals surface area (Å²) in [6.07, 6.45) is 6.27. The first-order valence-electron chi connectivity index (χ1n) is 5.76. The molecule has 0 saturated heterocycles. The Morgan fingerprint density at radius 3 is 2.61 bits per heavy atom. The molecule has 0 heterocycles. The normalized spacial score (nSPS) is 11.7. The number of nitrogens with one attached hydrogen (secondary N) is 1. The highest BCUT2D eigenvalue weighted by Crippen LogP contribution is 2.37. The van der Waals surface area contributed by atoms with Gasteiger partial charge < -0.3 is 9.47 Å². The number of terminal acetylenes is 1. The Morgan fingerprint density at radius 2 is 2.11 bits per heavy atom. The maximum Gasteiger partial charge on any atom is 0.179 e. The summed E-state index contributed by atoms with van der Waals surface area (Å²) in [5, 5.41) is 3.80. The first-order chi connectivity index (χ1) is 8.67. The lowest BCUT2D eigenvalue weighted by Crippen LogP contribution is -2.26. The van der Waals surface area contributed by atoms with Gasteiger partial charge in [0.2, 0.25) is 0 Å². The lowest BCUT2D eigenvalue weighted by atomic mass is 10.1. The Hall–Kier alpha value is -1.37. The van der Waals surface area contributed by atoms with Crippen molar-refractivity contribution in [3.05, 3.63) is 22.7 Å². The van der Waals surface area contributed by atoms with Crippen LogP contribution in [0.3, 0.4) is 0 Å². The summed E-state index contributed by atoms with van der Waals surface area (Å²) >= 11 is 6.27. The predicted octanol–water partition coefficient (Wildman–Crippen LogP) is 2.86. The van der Waals surface area contributed by atoms with Gasteiger partial charge in [-0.25, -0.2) is 0 Å². The van der Waals surface area contributed by atoms with Gasteiger partial charge in [-0.3, -0.25) is 5.32 Å². The minimum Gasteiger partial charge on any atom is -0.493 e. The summed E-state index contributed by atoms with van der Waals surface area (Å²) in [5.41, 5.74) is 0.933. The maximum atomic E-state index is 6.27. The molecule has 0 saturated carbocycles. The molecular weight excluding hydrogens is 250 g/mol. The van der Waals surface area contributed by atoms with Crippen LogP contribution in [-0.2, 0) is 6.54 Å². The summed E-state index contributed by atoms with van der Waals surface area (Å²) in [7, 11) is 3.15. The molecule has 1 N–H and O–H groups in total. The van der Waals surface area contributed by atoms with Crippen molar-refractivity contribution in [2.45, 2.75) is 25.9 Å². The van der Waals surface area contributed by atoms with Crippen molar-refractivity contribution in [2.24, 2.45) is 0 Å². The van der Waals surface area contributed by atoms with Gasteiger partial charge in [-0.05, 0) is 18.1 Å². The molecule has 98 valence electrons. The Labute approximate surface area is 113 Å². The van der Waals surface area contributed by atoms with Crippen LogP contribution in [0.4, 0.5) is 0 Å². The largest absolute Gasteiger partial charge is 0.493 e. The van der Waals surface area contributed by atoms with Gasteiger partial charge in [0, 0.05) is 6.54 Å². The van der Waals surface area contributed by atoms with Crippen molar-refractivity contribution in [1.82, 2.24) is 5.32 Å². The molecule has 0 amide bonds. The zero-order valence-corrected chi connectivity index (χ0v) is 11.7. The zero-order chi connectivity index (χ0) is 13.5. The van der Waals surface area contributed by atoms with E-state index in [1.54, 1.807) is 14.2 Å². The lowest BCUT2D eigenvalue weighted by molar-refractivity contribution is 0.354. The Bertz CT molecular complexity index is 440. The average Bonchev–Trinajstić information content (AvgIpc) is 2.40. The Balaban J connectivity index is 2.88. The molecule has 0 radical (unpaired) electrons. The second-order valence-corrected chi connectivity index (χ2v) is 4.16. The van der Waals surface area contributed by atoms with E-state index in [9.17, 15) is 0 Å². The summed E-state index contributed by atoms with van der Waals surface area (Å²) < 4.78 is 10.4. The molecule has 0 aromatic heterocycles. The van der Waals surface area contributed by atoms with E-state index in [2.05, 4.69) is 11.2 Å². The quantitative estimate of drug-likeness (QED) is 0.804. The van der Waals surface area contributed by atoms with Gasteiger partial charge in [-0.2, -0.15) is 0 Å². The smallest absolute Gasteiger partial charge is 0.179 e. The van der Waals surface area contributed by atoms with Gasteiger partial charge in [-0.1, -0.05) is 30.5 Å². The van der Waals surface area contributed by atoms with Crippen molar-refractivity contribution >= 4 is 11.6 Å². The van der Waals surface area contributed by atoms with E-state index in [1.807, 2.05) is 19.1 Å². The summed E-state index contributed by atoms with van der Waals surface area (Å²) in [6, 6.07) is 3.78. The average molecular weight is 268 g/mol. The number of ether oxygens (including phenoxy) is 2. The summed E-state index contributed by atoms with van der Waals surface area (Å²) in [4.78, 5) is 0. The molecule has 1 rings (SSSR count). The summed E-state index contributed by atoms with van der Waals surface area (Å²) in [5.74, 6) is 3.85. The highest BCUT2D eigenvalue weighted by Gasteiger charge is 2.13. The minimum atomic E-state index is 0.0502. The highest BCUT2D eigenvalue weighted by atomic mass is 35.5. The summed E-state index contributed by atoms with van der Waals surface area (Å²) in [6.45, 7) is 2.63. The topological polar surface area (TPSA) is 30.5 Å². The maximum absolute atomic E-state index is 6.27. The van der Waals surface area contributed by atoms with Gasteiger partial charge in [0.25, 0.3) is 0 Å². The Morgan fingerprint density at radius 1 is 1.39 bits per heavy atom. The van der Waals surface area contributed by atoms with E-state index in [1.165, 1.54) is 0 Å². The standard InChI is InChI=1S/C14H18ClNO2/c1-5-11(6-2)16-9-10-7-8-12(17-3)14(18-4)13(10)15/h1,7-8,11,16H,6,9H2,2-4H3. The van der Waals surface area contributed by atoms with Crippen LogP contribution in [0.15, 0.2) is 12.1 Å². The van der Waals surface area contributed by atoms with Gasteiger partial charge in [0.05, 0.1) is 25.3 Å². The van der Waals surface area contributed by atoms with Gasteiger partial charge in [0.1, 0.15) is 0 Å². The fourth-order valence-corrected chi connectivity index (χ4v) is 1.92. The van der Waals surface area contributed by atoms with Crippen molar-refractivity contribution in [3.63, 3.8) is 0 Å². The molecular formula is C14H18ClNO2. The number of methoxy groups -OCH3 is 2. The third kappa shape index (κ3) is 3.32. The molecule has 0 spiro atoms. The van der Waals surface area contributed by atoms with Gasteiger partial charge in [-0.15, -0.1) is 6.42 Å². The van der Waals surface area contributed by atoms with Crippen LogP contribution in [0.1, 0.15) is 18.9 Å². The van der Waals surface area contributed by atoms with Crippen molar-refractivity contribution in [3.8, 4) is 23.8 Å². The molecule has 3 nitrogen and oxygen atoms in total. The molecule has 1 atom stereocenters. The van der Waals surface area contributed by atoms with E-state index in [0.29, 0.717) is 23.1 Å². The van der Waals surface area contributed by atoms with Gasteiger partial charge >= 0.3 is 0 Å². The van der Waals surface area contributed by atoms with Crippen LogP contribution in [0.25, 0.3) is 0 Å². The molecule has 4 heteroatoms. The zero-order valence-electron chi connectivity index (χ0n) is 10.9. The molecule has 18 heavy (non-hydrogen) atoms. The van der Waals surface area contributed by atoms with Crippen molar-refractivity contribution < 1.29 is 9.47 Å². The number of halogens is 1. The molecule has 0 aliphatic heterocycles. The lowest BCUT2D eigenvalue weighted by Gasteiger charge is -2.15. The Kier molecular flexibility index (Phi) is 5.84. The van der Waals surface area contributed by atoms with Gasteiger partial charge in [0.15, 0.2) is 11.5 Å². The van der Waals surface area contributed by atoms with E-state index in [0.717, 1.165) is 12.0 Å². The van der Waals surface area contributed by atoms with E-state index in [-0.39, 0.29) is 6.04 Å². The van der Waals surface area contributed by atoms with Crippen LogP contribution in [-0.4, -0.2) is 20.3 Å². The number of rotatable bonds is 6. The number of hydrogen-bond acceptors (Lipinski definition) is 3. The second kappa shape index (κ2) is 7.15. The fraction of sp³-hybridized carbons (Fsp3) is 0.429. The molecule has 0 bridgehead atoms. The number of hydrogen-bond donors (Lipinski definition) is 1. The SMILES string of the molecule is C#CC(CC)NCc1ccc(OC)c(OC)c1Cl. The first kappa shape index (κ1) is 14.7. The third-order valence-electron chi connectivity index (χ3n) is 2.71. The van der Waals surface area contributed by atoms with Crippen LogP contribution in [0, 0.1) is 12.3 Å². The van der Waals surface area contributed by atoms with Crippen LogP contribution in [0.5, 0.6) is 11.5 Å².